The van der Waals surface area contributed by atoms with Crippen molar-refractivity contribution in [3.63, 3.8) is 0 Å². The summed E-state index contributed by atoms with van der Waals surface area (Å²) in [7, 11) is 0. The van der Waals surface area contributed by atoms with E-state index in [1.165, 1.54) is 18.7 Å². The molecule has 0 radical (unpaired) electrons. The van der Waals surface area contributed by atoms with E-state index >= 15 is 0 Å². The van der Waals surface area contributed by atoms with E-state index in [0.29, 0.717) is 0 Å². The van der Waals surface area contributed by atoms with Crippen molar-refractivity contribution >= 4 is 12.1 Å². The molecular weight excluding hydrogens is 222 g/mol. The SMILES string of the molecule is CC(C)(C)OC(=O)N(C1CC1)C(C)(C)C(=O)O. The number of carboxylic acid groups (broad SMARTS) is 1. The molecule has 0 aliphatic heterocycles. The number of rotatable bonds is 3. The number of hydrogen-bond acceptors (Lipinski definition) is 3. The minimum atomic E-state index is -1.23. The van der Waals surface area contributed by atoms with Crippen LogP contribution in [0.1, 0.15) is 47.5 Å². The number of nitrogens with zero attached hydrogens (tertiary/aromatic N) is 1. The Morgan fingerprint density at radius 2 is 1.65 bits per heavy atom. The lowest BCUT2D eigenvalue weighted by atomic mass is 10.0. The van der Waals surface area contributed by atoms with Gasteiger partial charge in [0.2, 0.25) is 0 Å². The molecule has 17 heavy (non-hydrogen) atoms. The zero-order chi connectivity index (χ0) is 13.4. The van der Waals surface area contributed by atoms with E-state index in [-0.39, 0.29) is 6.04 Å². The van der Waals surface area contributed by atoms with Gasteiger partial charge in [0.25, 0.3) is 0 Å². The maximum absolute atomic E-state index is 12.0. The zero-order valence-electron chi connectivity index (χ0n) is 11.1. The largest absolute Gasteiger partial charge is 0.480 e. The van der Waals surface area contributed by atoms with Crippen LogP contribution in [0.25, 0.3) is 0 Å². The van der Waals surface area contributed by atoms with Crippen molar-refractivity contribution in [1.82, 2.24) is 4.90 Å². The first-order chi connectivity index (χ1) is 7.55. The molecule has 0 aromatic heterocycles. The molecule has 1 aliphatic rings. The van der Waals surface area contributed by atoms with Crippen molar-refractivity contribution < 1.29 is 19.4 Å². The standard InChI is InChI=1S/C12H21NO4/c1-11(2,3)17-10(16)13(8-6-7-8)12(4,5)9(14)15/h8H,6-7H2,1-5H3,(H,14,15). The summed E-state index contributed by atoms with van der Waals surface area (Å²) in [5, 5.41) is 9.19. The quantitative estimate of drug-likeness (QED) is 0.825. The second kappa shape index (κ2) is 4.20. The van der Waals surface area contributed by atoms with Crippen molar-refractivity contribution in [3.8, 4) is 0 Å². The average Bonchev–Trinajstić information content (AvgIpc) is 2.83. The zero-order valence-corrected chi connectivity index (χ0v) is 11.1. The Morgan fingerprint density at radius 3 is 1.94 bits per heavy atom. The summed E-state index contributed by atoms with van der Waals surface area (Å²) in [5.74, 6) is -1.02. The third-order valence-electron chi connectivity index (χ3n) is 2.63. The van der Waals surface area contributed by atoms with Crippen LogP contribution < -0.4 is 0 Å². The topological polar surface area (TPSA) is 66.8 Å². The molecule has 5 nitrogen and oxygen atoms in total. The number of carboxylic acids is 1. The molecule has 0 aromatic rings. The van der Waals surface area contributed by atoms with Gasteiger partial charge in [-0.1, -0.05) is 0 Å². The molecule has 98 valence electrons. The molecule has 0 aromatic carbocycles. The van der Waals surface area contributed by atoms with Crippen LogP contribution in [0.5, 0.6) is 0 Å². The molecule has 1 aliphatic carbocycles. The highest BCUT2D eigenvalue weighted by Crippen LogP contribution is 2.34. The first kappa shape index (κ1) is 13.8. The summed E-state index contributed by atoms with van der Waals surface area (Å²) in [6.45, 7) is 8.35. The number of carbonyl (C=O) groups excluding carboxylic acids is 1. The highest BCUT2D eigenvalue weighted by atomic mass is 16.6. The number of carbonyl (C=O) groups is 2. The van der Waals surface area contributed by atoms with E-state index in [1.807, 2.05) is 0 Å². The van der Waals surface area contributed by atoms with Gasteiger partial charge >= 0.3 is 12.1 Å². The van der Waals surface area contributed by atoms with E-state index < -0.39 is 23.2 Å². The van der Waals surface area contributed by atoms with E-state index in [0.717, 1.165) is 12.8 Å². The first-order valence-corrected chi connectivity index (χ1v) is 5.81. The minimum absolute atomic E-state index is 0.00375. The van der Waals surface area contributed by atoms with Crippen LogP contribution in [0.4, 0.5) is 4.79 Å². The molecule has 0 unspecified atom stereocenters. The predicted octanol–water partition coefficient (Wildman–Crippen LogP) is 2.25. The van der Waals surface area contributed by atoms with Crippen LogP contribution in [0.3, 0.4) is 0 Å². The highest BCUT2D eigenvalue weighted by molar-refractivity contribution is 5.84. The second-order valence-corrected chi connectivity index (χ2v) is 5.95. The van der Waals surface area contributed by atoms with E-state index in [2.05, 4.69) is 0 Å². The van der Waals surface area contributed by atoms with Gasteiger partial charge in [0.1, 0.15) is 11.1 Å². The monoisotopic (exact) mass is 243 g/mol. The fraction of sp³-hybridized carbons (Fsp3) is 0.833. The van der Waals surface area contributed by atoms with Crippen LogP contribution >= 0.6 is 0 Å². The van der Waals surface area contributed by atoms with Crippen molar-refractivity contribution in [3.05, 3.63) is 0 Å². The average molecular weight is 243 g/mol. The van der Waals surface area contributed by atoms with Crippen LogP contribution in [0.15, 0.2) is 0 Å². The fourth-order valence-electron chi connectivity index (χ4n) is 1.58. The number of amides is 1. The third-order valence-corrected chi connectivity index (χ3v) is 2.63. The van der Waals surface area contributed by atoms with Crippen LogP contribution in [0, 0.1) is 0 Å². The normalized spacial score (nSPS) is 16.5. The third kappa shape index (κ3) is 3.35. The summed E-state index contributed by atoms with van der Waals surface area (Å²) in [4.78, 5) is 24.6. The molecule has 1 amide bonds. The van der Waals surface area contributed by atoms with Crippen LogP contribution in [-0.2, 0) is 9.53 Å². The Kier molecular flexibility index (Phi) is 3.41. The first-order valence-electron chi connectivity index (χ1n) is 5.81. The van der Waals surface area contributed by atoms with E-state index in [4.69, 9.17) is 4.74 Å². The molecule has 0 spiro atoms. The maximum Gasteiger partial charge on any atom is 0.411 e. The van der Waals surface area contributed by atoms with E-state index in [1.54, 1.807) is 20.8 Å². The summed E-state index contributed by atoms with van der Waals surface area (Å²) in [6, 6.07) is -0.00375. The number of hydrogen-bond donors (Lipinski definition) is 1. The highest BCUT2D eigenvalue weighted by Gasteiger charge is 2.47. The van der Waals surface area contributed by atoms with Crippen molar-refractivity contribution in [2.24, 2.45) is 0 Å². The van der Waals surface area contributed by atoms with Gasteiger partial charge in [0.05, 0.1) is 0 Å². The van der Waals surface area contributed by atoms with Crippen molar-refractivity contribution in [2.75, 3.05) is 0 Å². The van der Waals surface area contributed by atoms with Gasteiger partial charge in [-0.15, -0.1) is 0 Å². The van der Waals surface area contributed by atoms with Gasteiger partial charge in [0, 0.05) is 6.04 Å². The lowest BCUT2D eigenvalue weighted by molar-refractivity contribution is -0.149. The number of ether oxygens (including phenoxy) is 1. The predicted molar refractivity (Wildman–Crippen MR) is 62.8 cm³/mol. The smallest absolute Gasteiger partial charge is 0.411 e. The summed E-state index contributed by atoms with van der Waals surface area (Å²) in [5.41, 5.74) is -1.84. The Labute approximate surface area is 102 Å². The van der Waals surface area contributed by atoms with Crippen molar-refractivity contribution in [2.45, 2.75) is 64.6 Å². The van der Waals surface area contributed by atoms with Gasteiger partial charge in [-0.3, -0.25) is 4.90 Å². The van der Waals surface area contributed by atoms with Gasteiger partial charge in [-0.2, -0.15) is 0 Å². The van der Waals surface area contributed by atoms with Gasteiger partial charge in [0.15, 0.2) is 0 Å². The molecule has 1 saturated carbocycles. The molecule has 0 saturated heterocycles. The van der Waals surface area contributed by atoms with Gasteiger partial charge in [-0.05, 0) is 47.5 Å². The Balaban J connectivity index is 2.87. The summed E-state index contributed by atoms with van der Waals surface area (Å²) < 4.78 is 5.26. The number of aliphatic carboxylic acids is 1. The Bertz CT molecular complexity index is 326. The summed E-state index contributed by atoms with van der Waals surface area (Å²) in [6.07, 6.45) is 1.14. The molecule has 0 atom stereocenters. The molecule has 1 N–H and O–H groups in total. The molecule has 0 heterocycles. The van der Waals surface area contributed by atoms with Gasteiger partial charge in [-0.25, -0.2) is 9.59 Å². The van der Waals surface area contributed by atoms with Crippen LogP contribution in [-0.4, -0.2) is 39.3 Å². The summed E-state index contributed by atoms with van der Waals surface area (Å²) >= 11 is 0. The lowest BCUT2D eigenvalue weighted by Crippen LogP contribution is -2.55. The van der Waals surface area contributed by atoms with E-state index in [9.17, 15) is 14.7 Å². The maximum atomic E-state index is 12.0. The molecular formula is C12H21NO4. The second-order valence-electron chi connectivity index (χ2n) is 5.95. The minimum Gasteiger partial charge on any atom is -0.480 e. The molecule has 0 bridgehead atoms. The lowest BCUT2D eigenvalue weighted by Gasteiger charge is -2.36. The van der Waals surface area contributed by atoms with Crippen LogP contribution in [0.2, 0.25) is 0 Å². The molecule has 1 rings (SSSR count). The van der Waals surface area contributed by atoms with Gasteiger partial charge < -0.3 is 9.84 Å². The Hall–Kier alpha value is -1.26. The molecule has 1 fully saturated rings. The van der Waals surface area contributed by atoms with Crippen molar-refractivity contribution in [1.29, 1.82) is 0 Å². The fourth-order valence-corrected chi connectivity index (χ4v) is 1.58. The Morgan fingerprint density at radius 1 is 1.18 bits per heavy atom. The molecule has 5 heteroatoms.